The lowest BCUT2D eigenvalue weighted by Crippen LogP contribution is -2.18. The van der Waals surface area contributed by atoms with E-state index in [4.69, 9.17) is 4.42 Å². The molecule has 0 amide bonds. The zero-order chi connectivity index (χ0) is 11.4. The Kier molecular flexibility index (Phi) is 3.37. The summed E-state index contributed by atoms with van der Waals surface area (Å²) in [6.07, 6.45) is 4.41. The van der Waals surface area contributed by atoms with Crippen LogP contribution in [0.2, 0.25) is 0 Å². The van der Waals surface area contributed by atoms with Crippen molar-refractivity contribution in [3.8, 4) is 0 Å². The molecule has 3 heteroatoms. The molecule has 0 aliphatic rings. The molecule has 0 saturated heterocycles. The van der Waals surface area contributed by atoms with Gasteiger partial charge in [-0.25, -0.2) is 0 Å². The quantitative estimate of drug-likeness (QED) is 0.853. The maximum absolute atomic E-state index is 5.36. The maximum atomic E-state index is 5.36. The van der Waals surface area contributed by atoms with E-state index >= 15 is 0 Å². The van der Waals surface area contributed by atoms with Gasteiger partial charge in [-0.05, 0) is 43.8 Å². The molecule has 84 valence electrons. The lowest BCUT2D eigenvalue weighted by atomic mass is 10.0. The number of pyridine rings is 1. The highest BCUT2D eigenvalue weighted by molar-refractivity contribution is 5.21. The molecule has 1 N–H and O–H groups in total. The Morgan fingerprint density at radius 3 is 2.94 bits per heavy atom. The molecule has 3 nitrogen and oxygen atoms in total. The number of hydrogen-bond acceptors (Lipinski definition) is 3. The first-order valence-corrected chi connectivity index (χ1v) is 5.42. The first kappa shape index (κ1) is 10.9. The minimum atomic E-state index is 0.271. The third kappa shape index (κ3) is 2.49. The van der Waals surface area contributed by atoms with Crippen molar-refractivity contribution in [2.24, 2.45) is 0 Å². The molecule has 2 aromatic rings. The zero-order valence-corrected chi connectivity index (χ0v) is 9.60. The standard InChI is InChI=1S/C13H16N2O/c1-10-8-11(5-6-15-10)13(14-2)9-12-4-3-7-16-12/h3-8,13-14H,9H2,1-2H3. The van der Waals surface area contributed by atoms with Crippen molar-refractivity contribution in [1.82, 2.24) is 10.3 Å². The van der Waals surface area contributed by atoms with E-state index in [9.17, 15) is 0 Å². The molecule has 2 rings (SSSR count). The molecule has 0 aliphatic carbocycles. The van der Waals surface area contributed by atoms with Gasteiger partial charge in [0, 0.05) is 24.4 Å². The molecule has 0 saturated carbocycles. The average molecular weight is 216 g/mol. The summed E-state index contributed by atoms with van der Waals surface area (Å²) in [4.78, 5) is 4.20. The molecule has 0 spiro atoms. The van der Waals surface area contributed by atoms with E-state index in [-0.39, 0.29) is 6.04 Å². The van der Waals surface area contributed by atoms with E-state index < -0.39 is 0 Å². The summed E-state index contributed by atoms with van der Waals surface area (Å²) in [6.45, 7) is 2.00. The van der Waals surface area contributed by atoms with E-state index in [1.165, 1.54) is 5.56 Å². The minimum Gasteiger partial charge on any atom is -0.469 e. The second-order valence-electron chi connectivity index (χ2n) is 3.86. The largest absolute Gasteiger partial charge is 0.469 e. The van der Waals surface area contributed by atoms with Gasteiger partial charge >= 0.3 is 0 Å². The minimum absolute atomic E-state index is 0.271. The van der Waals surface area contributed by atoms with Crippen LogP contribution in [0.4, 0.5) is 0 Å². The van der Waals surface area contributed by atoms with Crippen LogP contribution in [-0.4, -0.2) is 12.0 Å². The summed E-state index contributed by atoms with van der Waals surface area (Å²) in [5.74, 6) is 0.994. The third-order valence-electron chi connectivity index (χ3n) is 2.66. The van der Waals surface area contributed by atoms with Crippen LogP contribution in [0, 0.1) is 6.92 Å². The van der Waals surface area contributed by atoms with Crippen LogP contribution in [0.25, 0.3) is 0 Å². The van der Waals surface area contributed by atoms with Gasteiger partial charge in [0.1, 0.15) is 5.76 Å². The van der Waals surface area contributed by atoms with Crippen molar-refractivity contribution >= 4 is 0 Å². The topological polar surface area (TPSA) is 38.1 Å². The van der Waals surface area contributed by atoms with Crippen LogP contribution in [-0.2, 0) is 6.42 Å². The SMILES string of the molecule is CNC(Cc1ccco1)c1ccnc(C)c1. The molecule has 0 aromatic carbocycles. The normalized spacial score (nSPS) is 12.6. The number of aromatic nitrogens is 1. The third-order valence-corrected chi connectivity index (χ3v) is 2.66. The van der Waals surface area contributed by atoms with Crippen LogP contribution in [0.3, 0.4) is 0 Å². The van der Waals surface area contributed by atoms with Crippen molar-refractivity contribution < 1.29 is 4.42 Å². The first-order valence-electron chi connectivity index (χ1n) is 5.42. The highest BCUT2D eigenvalue weighted by Crippen LogP contribution is 2.18. The van der Waals surface area contributed by atoms with Gasteiger partial charge in [0.2, 0.25) is 0 Å². The van der Waals surface area contributed by atoms with Gasteiger partial charge < -0.3 is 9.73 Å². The van der Waals surface area contributed by atoms with E-state index in [1.54, 1.807) is 6.26 Å². The van der Waals surface area contributed by atoms with E-state index in [1.807, 2.05) is 38.4 Å². The molecule has 0 aliphatic heterocycles. The average Bonchev–Trinajstić information content (AvgIpc) is 2.78. The molecule has 0 fully saturated rings. The Hall–Kier alpha value is -1.61. The van der Waals surface area contributed by atoms with Gasteiger partial charge in [-0.3, -0.25) is 4.98 Å². The number of rotatable bonds is 4. The van der Waals surface area contributed by atoms with Crippen LogP contribution in [0.1, 0.15) is 23.1 Å². The fourth-order valence-corrected chi connectivity index (χ4v) is 1.80. The fourth-order valence-electron chi connectivity index (χ4n) is 1.80. The molecule has 2 aromatic heterocycles. The van der Waals surface area contributed by atoms with Crippen molar-refractivity contribution in [1.29, 1.82) is 0 Å². The molecule has 1 atom stereocenters. The molecule has 16 heavy (non-hydrogen) atoms. The molecular weight excluding hydrogens is 200 g/mol. The predicted molar refractivity (Wildman–Crippen MR) is 63.2 cm³/mol. The Labute approximate surface area is 95.5 Å². The van der Waals surface area contributed by atoms with Crippen molar-refractivity contribution in [3.05, 3.63) is 53.7 Å². The summed E-state index contributed by atoms with van der Waals surface area (Å²) in [7, 11) is 1.96. The number of nitrogens with one attached hydrogen (secondary N) is 1. The Bertz CT molecular complexity index is 437. The van der Waals surface area contributed by atoms with Crippen molar-refractivity contribution in [2.45, 2.75) is 19.4 Å². The smallest absolute Gasteiger partial charge is 0.105 e. The van der Waals surface area contributed by atoms with Gasteiger partial charge in [0.05, 0.1) is 6.26 Å². The Morgan fingerprint density at radius 1 is 1.44 bits per heavy atom. The van der Waals surface area contributed by atoms with Crippen molar-refractivity contribution in [2.75, 3.05) is 7.05 Å². The Balaban J connectivity index is 2.16. The van der Waals surface area contributed by atoms with E-state index in [2.05, 4.69) is 16.4 Å². The summed E-state index contributed by atoms with van der Waals surface area (Å²) >= 11 is 0. The van der Waals surface area contributed by atoms with Gasteiger partial charge in [-0.2, -0.15) is 0 Å². The molecule has 2 heterocycles. The van der Waals surface area contributed by atoms with Crippen LogP contribution in [0.5, 0.6) is 0 Å². The number of furan rings is 1. The van der Waals surface area contributed by atoms with E-state index in [0.717, 1.165) is 17.9 Å². The maximum Gasteiger partial charge on any atom is 0.105 e. The van der Waals surface area contributed by atoms with Crippen LogP contribution >= 0.6 is 0 Å². The van der Waals surface area contributed by atoms with Crippen LogP contribution in [0.15, 0.2) is 41.1 Å². The van der Waals surface area contributed by atoms with Gasteiger partial charge in [-0.1, -0.05) is 0 Å². The summed E-state index contributed by atoms with van der Waals surface area (Å²) in [5, 5.41) is 3.30. The van der Waals surface area contributed by atoms with Gasteiger partial charge in [0.15, 0.2) is 0 Å². The summed E-state index contributed by atoms with van der Waals surface area (Å²) < 4.78 is 5.36. The summed E-state index contributed by atoms with van der Waals surface area (Å²) in [5.41, 5.74) is 2.28. The molecule has 0 radical (unpaired) electrons. The zero-order valence-electron chi connectivity index (χ0n) is 9.60. The highest BCUT2D eigenvalue weighted by atomic mass is 16.3. The summed E-state index contributed by atoms with van der Waals surface area (Å²) in [6, 6.07) is 8.33. The molecule has 0 bridgehead atoms. The highest BCUT2D eigenvalue weighted by Gasteiger charge is 2.11. The number of nitrogens with zero attached hydrogens (tertiary/aromatic N) is 1. The lowest BCUT2D eigenvalue weighted by Gasteiger charge is -2.15. The lowest BCUT2D eigenvalue weighted by molar-refractivity contribution is 0.465. The van der Waals surface area contributed by atoms with Gasteiger partial charge in [-0.15, -0.1) is 0 Å². The second kappa shape index (κ2) is 4.94. The first-order chi connectivity index (χ1) is 7.79. The monoisotopic (exact) mass is 216 g/mol. The van der Waals surface area contributed by atoms with Gasteiger partial charge in [0.25, 0.3) is 0 Å². The fraction of sp³-hybridized carbons (Fsp3) is 0.308. The Morgan fingerprint density at radius 2 is 2.31 bits per heavy atom. The predicted octanol–water partition coefficient (Wildman–Crippen LogP) is 2.49. The number of aryl methyl sites for hydroxylation is 1. The molecular formula is C13H16N2O. The van der Waals surface area contributed by atoms with Crippen molar-refractivity contribution in [3.63, 3.8) is 0 Å². The second-order valence-corrected chi connectivity index (χ2v) is 3.86. The van der Waals surface area contributed by atoms with E-state index in [0.29, 0.717) is 0 Å². The van der Waals surface area contributed by atoms with Crippen LogP contribution < -0.4 is 5.32 Å². The number of hydrogen-bond donors (Lipinski definition) is 1. The molecule has 1 unspecified atom stereocenters. The number of likely N-dealkylation sites (N-methyl/N-ethyl adjacent to an activating group) is 1.